The number of benzene rings is 2. The maximum absolute atomic E-state index is 13.1. The molecular formula is C25H26ClFN2O3. The van der Waals surface area contributed by atoms with E-state index in [1.54, 1.807) is 17.0 Å². The van der Waals surface area contributed by atoms with E-state index in [2.05, 4.69) is 5.32 Å². The molecule has 1 spiro atoms. The van der Waals surface area contributed by atoms with Crippen LogP contribution in [0.25, 0.3) is 6.08 Å². The van der Waals surface area contributed by atoms with Crippen molar-refractivity contribution in [1.82, 2.24) is 10.2 Å². The van der Waals surface area contributed by atoms with E-state index in [9.17, 15) is 14.0 Å². The van der Waals surface area contributed by atoms with E-state index in [1.807, 2.05) is 18.2 Å². The highest BCUT2D eigenvalue weighted by Crippen LogP contribution is 2.39. The molecule has 2 heterocycles. The quantitative estimate of drug-likeness (QED) is 0.676. The van der Waals surface area contributed by atoms with E-state index < -0.39 is 0 Å². The van der Waals surface area contributed by atoms with Gasteiger partial charge in [0.2, 0.25) is 5.91 Å². The Morgan fingerprint density at radius 3 is 2.56 bits per heavy atom. The van der Waals surface area contributed by atoms with Gasteiger partial charge in [-0.15, -0.1) is 0 Å². The van der Waals surface area contributed by atoms with Gasteiger partial charge in [0.15, 0.2) is 0 Å². The Morgan fingerprint density at radius 1 is 1.12 bits per heavy atom. The van der Waals surface area contributed by atoms with Gasteiger partial charge >= 0.3 is 0 Å². The molecule has 0 radical (unpaired) electrons. The average molecular weight is 457 g/mol. The van der Waals surface area contributed by atoms with Crippen molar-refractivity contribution in [2.24, 2.45) is 0 Å². The van der Waals surface area contributed by atoms with Crippen LogP contribution >= 0.6 is 11.6 Å². The number of carbonyl (C=O) groups is 2. The van der Waals surface area contributed by atoms with Crippen molar-refractivity contribution in [1.29, 1.82) is 0 Å². The van der Waals surface area contributed by atoms with Crippen LogP contribution < -0.4 is 5.32 Å². The fourth-order valence-corrected chi connectivity index (χ4v) is 4.55. The molecule has 0 aliphatic carbocycles. The average Bonchev–Trinajstić information content (AvgIpc) is 3.20. The Kier molecular flexibility index (Phi) is 6.92. The third-order valence-corrected chi connectivity index (χ3v) is 6.56. The van der Waals surface area contributed by atoms with Crippen molar-refractivity contribution < 1.29 is 18.7 Å². The van der Waals surface area contributed by atoms with Crippen LogP contribution in [0, 0.1) is 5.82 Å². The first-order valence-corrected chi connectivity index (χ1v) is 11.3. The minimum absolute atomic E-state index is 0.0352. The maximum Gasteiger partial charge on any atom is 0.253 e. The van der Waals surface area contributed by atoms with Crippen LogP contribution in [0.5, 0.6) is 0 Å². The van der Waals surface area contributed by atoms with E-state index >= 15 is 0 Å². The lowest BCUT2D eigenvalue weighted by Gasteiger charge is -2.39. The molecule has 0 aromatic heterocycles. The van der Waals surface area contributed by atoms with Crippen LogP contribution in [-0.2, 0) is 9.53 Å². The molecule has 0 saturated carbocycles. The topological polar surface area (TPSA) is 58.6 Å². The number of rotatable bonds is 5. The summed E-state index contributed by atoms with van der Waals surface area (Å²) in [7, 11) is 0. The first kappa shape index (κ1) is 22.5. The molecule has 2 aromatic carbocycles. The van der Waals surface area contributed by atoms with Crippen LogP contribution in [0.15, 0.2) is 54.6 Å². The lowest BCUT2D eigenvalue weighted by Crippen LogP contribution is -2.47. The summed E-state index contributed by atoms with van der Waals surface area (Å²) in [5.41, 5.74) is 1.06. The van der Waals surface area contributed by atoms with Gasteiger partial charge in [0.1, 0.15) is 5.82 Å². The highest BCUT2D eigenvalue weighted by atomic mass is 35.5. The number of nitrogens with one attached hydrogen (secondary N) is 1. The summed E-state index contributed by atoms with van der Waals surface area (Å²) < 4.78 is 19.4. The highest BCUT2D eigenvalue weighted by molar-refractivity contribution is 6.32. The predicted molar refractivity (Wildman–Crippen MR) is 122 cm³/mol. The van der Waals surface area contributed by atoms with Crippen LogP contribution in [0.1, 0.15) is 41.6 Å². The van der Waals surface area contributed by atoms with Gasteiger partial charge in [0.25, 0.3) is 5.91 Å². The maximum atomic E-state index is 13.1. The van der Waals surface area contributed by atoms with E-state index in [1.165, 1.54) is 30.3 Å². The molecule has 32 heavy (non-hydrogen) atoms. The second kappa shape index (κ2) is 9.84. The zero-order valence-corrected chi connectivity index (χ0v) is 18.5. The number of nitrogens with zero attached hydrogens (tertiary/aromatic N) is 1. The third kappa shape index (κ3) is 5.37. The second-order valence-corrected chi connectivity index (χ2v) is 8.77. The number of amides is 2. The van der Waals surface area contributed by atoms with Gasteiger partial charge in [-0.1, -0.05) is 29.8 Å². The number of hydrogen-bond acceptors (Lipinski definition) is 3. The largest absolute Gasteiger partial charge is 0.370 e. The van der Waals surface area contributed by atoms with Crippen LogP contribution in [0.3, 0.4) is 0 Å². The van der Waals surface area contributed by atoms with Crippen molar-refractivity contribution in [2.45, 2.75) is 37.4 Å². The summed E-state index contributed by atoms with van der Waals surface area (Å²) >= 11 is 6.10. The molecule has 1 unspecified atom stereocenters. The van der Waals surface area contributed by atoms with Crippen LogP contribution in [0.4, 0.5) is 4.39 Å². The monoisotopic (exact) mass is 456 g/mol. The molecule has 5 nitrogen and oxygen atoms in total. The molecular weight excluding hydrogens is 431 g/mol. The fraction of sp³-hybridized carbons (Fsp3) is 0.360. The zero-order chi connectivity index (χ0) is 22.6. The van der Waals surface area contributed by atoms with Gasteiger partial charge in [-0.3, -0.25) is 9.59 Å². The Labute approximate surface area is 192 Å². The number of likely N-dealkylation sites (tertiary alicyclic amines) is 1. The third-order valence-electron chi connectivity index (χ3n) is 6.22. The second-order valence-electron chi connectivity index (χ2n) is 8.36. The van der Waals surface area contributed by atoms with Crippen molar-refractivity contribution in [3.63, 3.8) is 0 Å². The van der Waals surface area contributed by atoms with Crippen LogP contribution in [0.2, 0.25) is 5.02 Å². The molecule has 2 aliphatic rings. The van der Waals surface area contributed by atoms with E-state index in [4.69, 9.17) is 16.3 Å². The predicted octanol–water partition coefficient (Wildman–Crippen LogP) is 4.46. The van der Waals surface area contributed by atoms with E-state index in [-0.39, 0.29) is 29.3 Å². The highest BCUT2D eigenvalue weighted by Gasteiger charge is 2.43. The Morgan fingerprint density at radius 2 is 1.84 bits per heavy atom. The molecule has 4 rings (SSSR count). The molecule has 2 amide bonds. The lowest BCUT2D eigenvalue weighted by molar-refractivity contribution is -0.118. The number of ether oxygens (including phenoxy) is 1. The SMILES string of the molecule is O=C(/C=C/c1ccccc1Cl)NCC1CCC2(CCN(C(=O)c3ccc(F)cc3)CC2)O1. The summed E-state index contributed by atoms with van der Waals surface area (Å²) in [6.45, 7) is 1.66. The Bertz CT molecular complexity index is 1000. The molecule has 2 aliphatic heterocycles. The standard InChI is InChI=1S/C25H26ClFN2O3/c26-22-4-2-1-3-18(22)7-10-23(30)28-17-21-11-12-25(32-21)13-15-29(16-14-25)24(31)19-5-8-20(27)9-6-19/h1-10,21H,11-17H2,(H,28,30)/b10-7+. The summed E-state index contributed by atoms with van der Waals surface area (Å²) in [6.07, 6.45) is 6.45. The molecule has 1 N–H and O–H groups in total. The zero-order valence-electron chi connectivity index (χ0n) is 17.7. The van der Waals surface area contributed by atoms with Crippen molar-refractivity contribution in [3.8, 4) is 0 Å². The van der Waals surface area contributed by atoms with Gasteiger partial charge in [-0.2, -0.15) is 0 Å². The normalized spacial score (nSPS) is 20.1. The molecule has 2 saturated heterocycles. The number of carbonyl (C=O) groups excluding carboxylic acids is 2. The van der Waals surface area contributed by atoms with Crippen molar-refractivity contribution >= 4 is 29.5 Å². The van der Waals surface area contributed by atoms with E-state index in [0.717, 1.165) is 31.2 Å². The number of piperidine rings is 1. The van der Waals surface area contributed by atoms with Gasteiger partial charge < -0.3 is 15.0 Å². The first-order chi connectivity index (χ1) is 15.4. The fourth-order valence-electron chi connectivity index (χ4n) is 4.35. The van der Waals surface area contributed by atoms with Gasteiger partial charge in [0, 0.05) is 36.3 Å². The molecule has 2 fully saturated rings. The molecule has 168 valence electrons. The lowest BCUT2D eigenvalue weighted by atomic mass is 9.88. The first-order valence-electron chi connectivity index (χ1n) is 10.9. The van der Waals surface area contributed by atoms with Gasteiger partial charge in [-0.05, 0) is 67.7 Å². The van der Waals surface area contributed by atoms with Crippen molar-refractivity contribution in [3.05, 3.63) is 76.6 Å². The minimum Gasteiger partial charge on any atom is -0.370 e. The summed E-state index contributed by atoms with van der Waals surface area (Å²) in [5, 5.41) is 3.50. The van der Waals surface area contributed by atoms with Crippen LogP contribution in [-0.4, -0.2) is 48.1 Å². The molecule has 0 bridgehead atoms. The Hall–Kier alpha value is -2.70. The summed E-state index contributed by atoms with van der Waals surface area (Å²) in [4.78, 5) is 26.6. The van der Waals surface area contributed by atoms with E-state index in [0.29, 0.717) is 30.2 Å². The summed E-state index contributed by atoms with van der Waals surface area (Å²) in [6, 6.07) is 13.0. The minimum atomic E-state index is -0.351. The Balaban J connectivity index is 1.23. The van der Waals surface area contributed by atoms with Gasteiger partial charge in [-0.25, -0.2) is 4.39 Å². The smallest absolute Gasteiger partial charge is 0.253 e. The summed E-state index contributed by atoms with van der Waals surface area (Å²) in [5.74, 6) is -0.614. The van der Waals surface area contributed by atoms with Crippen molar-refractivity contribution in [2.75, 3.05) is 19.6 Å². The molecule has 7 heteroatoms. The van der Waals surface area contributed by atoms with Gasteiger partial charge in [0.05, 0.1) is 11.7 Å². The molecule has 2 aromatic rings. The number of halogens is 2. The number of hydrogen-bond donors (Lipinski definition) is 1. The molecule has 1 atom stereocenters.